The summed E-state index contributed by atoms with van der Waals surface area (Å²) in [5.74, 6) is 1.68. The van der Waals surface area contributed by atoms with Gasteiger partial charge in [0.1, 0.15) is 0 Å². The first-order valence-corrected chi connectivity index (χ1v) is 7.66. The lowest BCUT2D eigenvalue weighted by molar-refractivity contribution is 0.276. The van der Waals surface area contributed by atoms with Crippen LogP contribution in [0, 0.1) is 0 Å². The SMILES string of the molecule is CCCOc1ccc(CNC(C)(C)CC)cc1OCC. The van der Waals surface area contributed by atoms with E-state index < -0.39 is 0 Å². The molecule has 3 nitrogen and oxygen atoms in total. The molecule has 0 unspecified atom stereocenters. The fourth-order valence-electron chi connectivity index (χ4n) is 1.73. The summed E-state index contributed by atoms with van der Waals surface area (Å²) in [5, 5.41) is 3.56. The van der Waals surface area contributed by atoms with E-state index in [0.29, 0.717) is 6.61 Å². The Hall–Kier alpha value is -1.22. The molecule has 0 heterocycles. The maximum Gasteiger partial charge on any atom is 0.161 e. The van der Waals surface area contributed by atoms with Crippen molar-refractivity contribution in [3.8, 4) is 11.5 Å². The van der Waals surface area contributed by atoms with Crippen molar-refractivity contribution in [1.29, 1.82) is 0 Å². The second kappa shape index (κ2) is 8.15. The molecular formula is C17H29NO2. The zero-order chi connectivity index (χ0) is 15.0. The van der Waals surface area contributed by atoms with E-state index in [-0.39, 0.29) is 5.54 Å². The number of hydrogen-bond donors (Lipinski definition) is 1. The monoisotopic (exact) mass is 279 g/mol. The van der Waals surface area contributed by atoms with Gasteiger partial charge in [-0.15, -0.1) is 0 Å². The Labute approximate surface area is 123 Å². The molecule has 1 aromatic rings. The van der Waals surface area contributed by atoms with Gasteiger partial charge in [0.25, 0.3) is 0 Å². The molecule has 0 atom stereocenters. The molecule has 0 radical (unpaired) electrons. The Morgan fingerprint density at radius 2 is 1.80 bits per heavy atom. The average molecular weight is 279 g/mol. The van der Waals surface area contributed by atoms with Gasteiger partial charge in [0, 0.05) is 12.1 Å². The molecule has 0 aliphatic heterocycles. The summed E-state index contributed by atoms with van der Waals surface area (Å²) >= 11 is 0. The van der Waals surface area contributed by atoms with Gasteiger partial charge < -0.3 is 14.8 Å². The maximum atomic E-state index is 5.72. The van der Waals surface area contributed by atoms with Crippen LogP contribution >= 0.6 is 0 Å². The maximum absolute atomic E-state index is 5.72. The Balaban J connectivity index is 2.76. The van der Waals surface area contributed by atoms with E-state index in [2.05, 4.69) is 45.1 Å². The third-order valence-corrected chi connectivity index (χ3v) is 3.42. The molecule has 0 aliphatic rings. The summed E-state index contributed by atoms with van der Waals surface area (Å²) in [6.07, 6.45) is 2.10. The van der Waals surface area contributed by atoms with Crippen LogP contribution in [-0.2, 0) is 6.54 Å². The summed E-state index contributed by atoms with van der Waals surface area (Å²) in [6, 6.07) is 6.19. The van der Waals surface area contributed by atoms with E-state index in [0.717, 1.165) is 37.5 Å². The normalized spacial score (nSPS) is 11.4. The van der Waals surface area contributed by atoms with Gasteiger partial charge in [0.2, 0.25) is 0 Å². The van der Waals surface area contributed by atoms with Crippen LogP contribution in [-0.4, -0.2) is 18.8 Å². The number of ether oxygens (including phenoxy) is 2. The summed E-state index contributed by atoms with van der Waals surface area (Å²) < 4.78 is 11.4. The van der Waals surface area contributed by atoms with E-state index >= 15 is 0 Å². The van der Waals surface area contributed by atoms with Crippen LogP contribution in [0.25, 0.3) is 0 Å². The largest absolute Gasteiger partial charge is 0.490 e. The molecule has 0 spiro atoms. The number of nitrogens with one attached hydrogen (secondary N) is 1. The molecule has 114 valence electrons. The molecule has 1 N–H and O–H groups in total. The lowest BCUT2D eigenvalue weighted by Gasteiger charge is -2.25. The van der Waals surface area contributed by atoms with E-state index in [1.165, 1.54) is 5.56 Å². The third-order valence-electron chi connectivity index (χ3n) is 3.42. The second-order valence-electron chi connectivity index (χ2n) is 5.65. The van der Waals surface area contributed by atoms with Crippen LogP contribution in [0.2, 0.25) is 0 Å². The van der Waals surface area contributed by atoms with E-state index in [9.17, 15) is 0 Å². The number of benzene rings is 1. The molecule has 0 saturated heterocycles. The molecule has 0 bridgehead atoms. The molecule has 1 rings (SSSR count). The van der Waals surface area contributed by atoms with Gasteiger partial charge in [-0.2, -0.15) is 0 Å². The Kier molecular flexibility index (Phi) is 6.86. The molecule has 0 aliphatic carbocycles. The predicted octanol–water partition coefficient (Wildman–Crippen LogP) is 4.15. The quantitative estimate of drug-likeness (QED) is 0.736. The lowest BCUT2D eigenvalue weighted by atomic mass is 10.0. The molecule has 20 heavy (non-hydrogen) atoms. The number of rotatable bonds is 9. The lowest BCUT2D eigenvalue weighted by Crippen LogP contribution is -2.37. The molecule has 0 aromatic heterocycles. The minimum Gasteiger partial charge on any atom is -0.490 e. The first-order valence-electron chi connectivity index (χ1n) is 7.66. The molecule has 1 aromatic carbocycles. The van der Waals surface area contributed by atoms with Gasteiger partial charge in [-0.25, -0.2) is 0 Å². The predicted molar refractivity (Wildman–Crippen MR) is 84.6 cm³/mol. The second-order valence-corrected chi connectivity index (χ2v) is 5.65. The van der Waals surface area contributed by atoms with Gasteiger partial charge >= 0.3 is 0 Å². The summed E-state index contributed by atoms with van der Waals surface area (Å²) in [5.41, 5.74) is 1.38. The molecular weight excluding hydrogens is 250 g/mol. The smallest absolute Gasteiger partial charge is 0.161 e. The van der Waals surface area contributed by atoms with Crippen molar-refractivity contribution in [3.05, 3.63) is 23.8 Å². The highest BCUT2D eigenvalue weighted by Gasteiger charge is 2.14. The Morgan fingerprint density at radius 3 is 2.40 bits per heavy atom. The summed E-state index contributed by atoms with van der Waals surface area (Å²) in [6.45, 7) is 12.9. The van der Waals surface area contributed by atoms with Crippen LogP contribution in [0.15, 0.2) is 18.2 Å². The van der Waals surface area contributed by atoms with Crippen molar-refractivity contribution in [2.45, 2.75) is 59.5 Å². The highest BCUT2D eigenvalue weighted by Crippen LogP contribution is 2.29. The van der Waals surface area contributed by atoms with Gasteiger partial charge in [-0.3, -0.25) is 0 Å². The number of hydrogen-bond acceptors (Lipinski definition) is 3. The van der Waals surface area contributed by atoms with Crippen molar-refractivity contribution in [3.63, 3.8) is 0 Å². The molecule has 0 saturated carbocycles. The van der Waals surface area contributed by atoms with E-state index in [1.807, 2.05) is 13.0 Å². The van der Waals surface area contributed by atoms with Crippen LogP contribution in [0.4, 0.5) is 0 Å². The van der Waals surface area contributed by atoms with Gasteiger partial charge in [0.15, 0.2) is 11.5 Å². The van der Waals surface area contributed by atoms with Gasteiger partial charge in [-0.1, -0.05) is 19.9 Å². The van der Waals surface area contributed by atoms with Crippen molar-refractivity contribution in [2.75, 3.05) is 13.2 Å². The Morgan fingerprint density at radius 1 is 1.05 bits per heavy atom. The molecule has 0 fully saturated rings. The third kappa shape index (κ3) is 5.41. The van der Waals surface area contributed by atoms with Crippen molar-refractivity contribution in [1.82, 2.24) is 5.32 Å². The van der Waals surface area contributed by atoms with Crippen molar-refractivity contribution < 1.29 is 9.47 Å². The highest BCUT2D eigenvalue weighted by atomic mass is 16.5. The zero-order valence-corrected chi connectivity index (χ0v) is 13.6. The van der Waals surface area contributed by atoms with Crippen molar-refractivity contribution >= 4 is 0 Å². The fraction of sp³-hybridized carbons (Fsp3) is 0.647. The van der Waals surface area contributed by atoms with Crippen LogP contribution in [0.3, 0.4) is 0 Å². The van der Waals surface area contributed by atoms with E-state index in [4.69, 9.17) is 9.47 Å². The Bertz CT molecular complexity index is 402. The average Bonchev–Trinajstić information content (AvgIpc) is 2.44. The summed E-state index contributed by atoms with van der Waals surface area (Å²) in [7, 11) is 0. The first kappa shape index (κ1) is 16.8. The van der Waals surface area contributed by atoms with Crippen LogP contribution in [0.1, 0.15) is 53.0 Å². The minimum absolute atomic E-state index is 0.156. The van der Waals surface area contributed by atoms with Gasteiger partial charge in [-0.05, 0) is 51.3 Å². The first-order chi connectivity index (χ1) is 9.52. The standard InChI is InChI=1S/C17H29NO2/c1-6-11-20-15-10-9-14(12-16(15)19-8-3)13-18-17(4,5)7-2/h9-10,12,18H,6-8,11,13H2,1-5H3. The molecule has 0 amide bonds. The van der Waals surface area contributed by atoms with Gasteiger partial charge in [0.05, 0.1) is 13.2 Å². The van der Waals surface area contributed by atoms with Crippen LogP contribution < -0.4 is 14.8 Å². The minimum atomic E-state index is 0.156. The fourth-order valence-corrected chi connectivity index (χ4v) is 1.73. The summed E-state index contributed by atoms with van der Waals surface area (Å²) in [4.78, 5) is 0. The topological polar surface area (TPSA) is 30.5 Å². The highest BCUT2D eigenvalue weighted by molar-refractivity contribution is 5.43. The zero-order valence-electron chi connectivity index (χ0n) is 13.6. The van der Waals surface area contributed by atoms with E-state index in [1.54, 1.807) is 0 Å². The molecule has 3 heteroatoms. The van der Waals surface area contributed by atoms with Crippen molar-refractivity contribution in [2.24, 2.45) is 0 Å². The van der Waals surface area contributed by atoms with Crippen LogP contribution in [0.5, 0.6) is 11.5 Å².